The summed E-state index contributed by atoms with van der Waals surface area (Å²) in [6, 6.07) is 119. The van der Waals surface area contributed by atoms with Gasteiger partial charge in [0.15, 0.2) is 0 Å². The Morgan fingerprint density at radius 3 is 1.16 bits per heavy atom. The van der Waals surface area contributed by atoms with Crippen LogP contribution in [0.4, 0.5) is 0 Å². The maximum absolute atomic E-state index is 2.57. The molecule has 4 heteroatoms. The first-order chi connectivity index (χ1) is 47.6. The average Bonchev–Trinajstić information content (AvgIpc) is 1.54. The van der Waals surface area contributed by atoms with Gasteiger partial charge in [-0.25, -0.2) is 0 Å². The minimum atomic E-state index is 1.13. The Morgan fingerprint density at radius 2 is 0.562 bits per heavy atom. The first kappa shape index (κ1) is 50.8. The third-order valence-electron chi connectivity index (χ3n) is 21.9. The highest BCUT2D eigenvalue weighted by Gasteiger charge is 2.29. The van der Waals surface area contributed by atoms with Gasteiger partial charge in [-0.15, -0.1) is 0 Å². The van der Waals surface area contributed by atoms with Crippen LogP contribution in [0.2, 0.25) is 0 Å². The molecule has 2 aliphatic rings. The van der Waals surface area contributed by atoms with Gasteiger partial charge in [0.25, 0.3) is 0 Å². The van der Waals surface area contributed by atoms with E-state index in [1.165, 1.54) is 202 Å². The van der Waals surface area contributed by atoms with E-state index >= 15 is 0 Å². The van der Waals surface area contributed by atoms with Crippen molar-refractivity contribution in [3.8, 4) is 78.4 Å². The predicted octanol–water partition coefficient (Wildman–Crippen LogP) is 24.8. The summed E-state index contributed by atoms with van der Waals surface area (Å²) in [4.78, 5) is 0. The lowest BCUT2D eigenvalue weighted by molar-refractivity contribution is 1.18. The smallest absolute Gasteiger partial charge is 0.0641 e. The van der Waals surface area contributed by atoms with E-state index in [0.717, 1.165) is 17.1 Å². The molecule has 0 atom stereocenters. The number of aromatic nitrogens is 4. The Morgan fingerprint density at radius 1 is 0.156 bits per heavy atom. The molecule has 0 unspecified atom stereocenters. The van der Waals surface area contributed by atoms with Crippen LogP contribution in [0.3, 0.4) is 0 Å². The summed E-state index contributed by atoms with van der Waals surface area (Å²) in [5.74, 6) is 0. The standard InChI is InChI=1S/C92H52N4/c1-2-18-57-47-62(39-33-53(57)15-1)96-90-66-22-6-4-17-56(66)35-42-73(90)75-44-46-84-88(92(75)96)77-26-10-12-30-82(77)94(84)64-49-60-20-14-28-71-78-50-58(36-40-69(78)80(52-64)86(60)71)54-31-37-61(38-32-54)95-89-65-21-5-3-16-55(65)34-41-72(89)74-43-45-83-87(91(74)95)76-25-9-11-29-81(76)93(83)63-48-59-19-13-27-70-67-23-7-8-24-68(67)79(51-63)85(59)70/h1-52H. The Balaban J connectivity index is 0.682. The molecule has 96 heavy (non-hydrogen) atoms. The van der Waals surface area contributed by atoms with E-state index in [4.69, 9.17) is 0 Å². The molecule has 440 valence electrons. The molecule has 17 aromatic carbocycles. The van der Waals surface area contributed by atoms with Crippen molar-refractivity contribution in [2.45, 2.75) is 0 Å². The summed E-state index contributed by atoms with van der Waals surface area (Å²) in [5, 5.41) is 22.5. The van der Waals surface area contributed by atoms with Crippen LogP contribution < -0.4 is 0 Å². The van der Waals surface area contributed by atoms with E-state index in [1.54, 1.807) is 0 Å². The molecule has 0 amide bonds. The van der Waals surface area contributed by atoms with Crippen molar-refractivity contribution in [1.29, 1.82) is 0 Å². The molecule has 4 aromatic heterocycles. The maximum Gasteiger partial charge on any atom is 0.0641 e. The summed E-state index contributed by atoms with van der Waals surface area (Å²) in [6.45, 7) is 0. The summed E-state index contributed by atoms with van der Waals surface area (Å²) in [6.07, 6.45) is 0. The molecule has 0 saturated carbocycles. The number of para-hydroxylation sites is 2. The van der Waals surface area contributed by atoms with Crippen LogP contribution in [0.25, 0.3) is 219 Å². The van der Waals surface area contributed by atoms with Gasteiger partial charge in [-0.1, -0.05) is 237 Å². The van der Waals surface area contributed by atoms with Crippen molar-refractivity contribution >= 4 is 141 Å². The van der Waals surface area contributed by atoms with E-state index in [2.05, 4.69) is 334 Å². The minimum Gasteiger partial charge on any atom is -0.309 e. The molecule has 0 fully saturated rings. The molecule has 0 N–H and O–H groups in total. The van der Waals surface area contributed by atoms with Crippen molar-refractivity contribution in [3.63, 3.8) is 0 Å². The fourth-order valence-corrected chi connectivity index (χ4v) is 17.9. The molecule has 0 radical (unpaired) electrons. The van der Waals surface area contributed by atoms with Crippen LogP contribution in [0.1, 0.15) is 0 Å². The minimum absolute atomic E-state index is 1.13. The molecule has 23 rings (SSSR count). The van der Waals surface area contributed by atoms with Crippen LogP contribution in [0.5, 0.6) is 0 Å². The molecular formula is C92H52N4. The van der Waals surface area contributed by atoms with Crippen LogP contribution in [0.15, 0.2) is 315 Å². The Kier molecular flexibility index (Phi) is 9.80. The lowest BCUT2D eigenvalue weighted by Crippen LogP contribution is -1.96. The highest BCUT2D eigenvalue weighted by atomic mass is 15.0. The molecule has 0 spiro atoms. The zero-order valence-electron chi connectivity index (χ0n) is 51.8. The Hall–Kier alpha value is -12.8. The normalized spacial score (nSPS) is 12.6. The van der Waals surface area contributed by atoms with Gasteiger partial charge in [-0.3, -0.25) is 0 Å². The molecule has 21 aromatic rings. The highest BCUT2D eigenvalue weighted by Crippen LogP contribution is 2.53. The van der Waals surface area contributed by atoms with Crippen molar-refractivity contribution < 1.29 is 0 Å². The van der Waals surface area contributed by atoms with Gasteiger partial charge >= 0.3 is 0 Å². The monoisotopic (exact) mass is 1210 g/mol. The quantitative estimate of drug-likeness (QED) is 0.164. The third kappa shape index (κ3) is 6.61. The zero-order valence-corrected chi connectivity index (χ0v) is 51.8. The predicted molar refractivity (Wildman–Crippen MR) is 406 cm³/mol. The first-order valence-corrected chi connectivity index (χ1v) is 33.4. The lowest BCUT2D eigenvalue weighted by atomic mass is 9.97. The van der Waals surface area contributed by atoms with Gasteiger partial charge in [-0.2, -0.15) is 0 Å². The number of hydrogen-bond donors (Lipinski definition) is 0. The second-order valence-electron chi connectivity index (χ2n) is 26.6. The number of hydrogen-bond acceptors (Lipinski definition) is 0. The van der Waals surface area contributed by atoms with Gasteiger partial charge in [0, 0.05) is 76.6 Å². The van der Waals surface area contributed by atoms with Crippen molar-refractivity contribution in [3.05, 3.63) is 315 Å². The van der Waals surface area contributed by atoms with Gasteiger partial charge in [0.05, 0.1) is 44.1 Å². The number of benzene rings is 17. The Labute approximate surface area is 549 Å². The van der Waals surface area contributed by atoms with E-state index in [1.807, 2.05) is 0 Å². The van der Waals surface area contributed by atoms with Gasteiger partial charge in [0.1, 0.15) is 0 Å². The maximum atomic E-state index is 2.57. The van der Waals surface area contributed by atoms with E-state index in [-0.39, 0.29) is 0 Å². The summed E-state index contributed by atoms with van der Waals surface area (Å²) >= 11 is 0. The molecular weight excluding hydrogens is 1160 g/mol. The first-order valence-electron chi connectivity index (χ1n) is 33.4. The van der Waals surface area contributed by atoms with Gasteiger partial charge in [0.2, 0.25) is 0 Å². The fourth-order valence-electron chi connectivity index (χ4n) is 17.9. The molecule has 0 saturated heterocycles. The SMILES string of the molecule is c1ccc2c(c1)-c1cccc3cc(-n4c5ccccc5c5c4ccc4c6ccc7ccccc7c6n(-c6ccc(-c7ccc8c(c7)-c7cccc9cc(-n%10c%11ccccc%11c%11c%10ccc%10c%12ccc%13ccccc%13c%12n(-c%12ccc%13ccccc%13c%12)c%10%11)cc-8c79)cc6)c45)cc-2c13. The average molecular weight is 1210 g/mol. The van der Waals surface area contributed by atoms with Gasteiger partial charge in [-0.05, 0) is 178 Å². The van der Waals surface area contributed by atoms with E-state index in [9.17, 15) is 0 Å². The topological polar surface area (TPSA) is 19.7 Å². The number of nitrogens with zero attached hydrogens (tertiary/aromatic N) is 4. The summed E-state index contributed by atoms with van der Waals surface area (Å²) in [5.41, 5.74) is 26.9. The molecule has 4 heterocycles. The zero-order chi connectivity index (χ0) is 62.2. The number of rotatable bonds is 5. The second kappa shape index (κ2) is 18.5. The van der Waals surface area contributed by atoms with Crippen LogP contribution in [0, 0.1) is 0 Å². The van der Waals surface area contributed by atoms with Crippen LogP contribution in [-0.2, 0) is 0 Å². The second-order valence-corrected chi connectivity index (χ2v) is 26.6. The molecule has 4 nitrogen and oxygen atoms in total. The summed E-state index contributed by atoms with van der Waals surface area (Å²) in [7, 11) is 0. The highest BCUT2D eigenvalue weighted by molar-refractivity contribution is 6.31. The van der Waals surface area contributed by atoms with Crippen LogP contribution in [-0.4, -0.2) is 18.3 Å². The van der Waals surface area contributed by atoms with Gasteiger partial charge < -0.3 is 18.3 Å². The van der Waals surface area contributed by atoms with Crippen molar-refractivity contribution in [2.24, 2.45) is 0 Å². The largest absolute Gasteiger partial charge is 0.309 e. The molecule has 0 aliphatic heterocycles. The van der Waals surface area contributed by atoms with E-state index in [0.29, 0.717) is 0 Å². The Bertz CT molecular complexity index is 7120. The summed E-state index contributed by atoms with van der Waals surface area (Å²) < 4.78 is 10.2. The van der Waals surface area contributed by atoms with Crippen molar-refractivity contribution in [1.82, 2.24) is 18.3 Å². The third-order valence-corrected chi connectivity index (χ3v) is 21.9. The van der Waals surface area contributed by atoms with Crippen LogP contribution >= 0.6 is 0 Å². The lowest BCUT2D eigenvalue weighted by Gasteiger charge is -2.13. The fraction of sp³-hybridized carbons (Fsp3) is 0. The van der Waals surface area contributed by atoms with E-state index < -0.39 is 0 Å². The molecule has 2 aliphatic carbocycles. The molecule has 0 bridgehead atoms. The van der Waals surface area contributed by atoms with Crippen molar-refractivity contribution in [2.75, 3.05) is 0 Å². The number of fused-ring (bicyclic) bond motifs is 25.